The van der Waals surface area contributed by atoms with Gasteiger partial charge in [-0.1, -0.05) is 44.5 Å². The van der Waals surface area contributed by atoms with E-state index in [4.69, 9.17) is 25.8 Å². The van der Waals surface area contributed by atoms with Crippen LogP contribution < -0.4 is 23.8 Å². The van der Waals surface area contributed by atoms with Crippen LogP contribution in [0.3, 0.4) is 0 Å². The summed E-state index contributed by atoms with van der Waals surface area (Å²) in [5.41, 5.74) is 1.59. The maximum Gasteiger partial charge on any atom is 0.232 e. The van der Waals surface area contributed by atoms with Crippen LogP contribution in [-0.2, 0) is 20.2 Å². The fourth-order valence-electron chi connectivity index (χ4n) is 3.39. The molecule has 1 N–H and O–H groups in total. The molecule has 2 aromatic carbocycles. The Morgan fingerprint density at radius 3 is 2.23 bits per heavy atom. The topological polar surface area (TPSA) is 94.2 Å². The van der Waals surface area contributed by atoms with Crippen LogP contribution in [0, 0.1) is 0 Å². The summed E-state index contributed by atoms with van der Waals surface area (Å²) in [7, 11) is -0.779. The monoisotopic (exact) mass is 526 g/mol. The molecule has 0 fully saturated rings. The standard InChI is InChI=1S/C25H35ClN2O6S/c1-25(2,3)18-9-11-19(12-10-18)34-15-13-27-24(29)8-7-14-28(35(6,30)31)21-17-22(32-4)20(26)16-23(21)33-5/h9-12,16-17H,7-8,13-15H2,1-6H3,(H,27,29). The lowest BCUT2D eigenvalue weighted by Crippen LogP contribution is -2.33. The van der Waals surface area contributed by atoms with E-state index in [9.17, 15) is 13.2 Å². The molecule has 10 heteroatoms. The van der Waals surface area contributed by atoms with Crippen molar-refractivity contribution in [2.45, 2.75) is 39.0 Å². The third-order valence-electron chi connectivity index (χ3n) is 5.30. The highest BCUT2D eigenvalue weighted by molar-refractivity contribution is 7.92. The van der Waals surface area contributed by atoms with Crippen molar-refractivity contribution in [3.8, 4) is 17.2 Å². The van der Waals surface area contributed by atoms with Crippen molar-refractivity contribution in [2.75, 3.05) is 44.5 Å². The normalized spacial score (nSPS) is 11.6. The lowest BCUT2D eigenvalue weighted by molar-refractivity contribution is -0.121. The summed E-state index contributed by atoms with van der Waals surface area (Å²) in [6.45, 7) is 7.21. The second-order valence-corrected chi connectivity index (χ2v) is 11.4. The van der Waals surface area contributed by atoms with Crippen molar-refractivity contribution < 1.29 is 27.4 Å². The van der Waals surface area contributed by atoms with E-state index >= 15 is 0 Å². The number of amides is 1. The van der Waals surface area contributed by atoms with Gasteiger partial charge < -0.3 is 19.5 Å². The zero-order valence-electron chi connectivity index (χ0n) is 21.2. The summed E-state index contributed by atoms with van der Waals surface area (Å²) in [6, 6.07) is 10.9. The van der Waals surface area contributed by atoms with Gasteiger partial charge in [0.15, 0.2) is 0 Å². The van der Waals surface area contributed by atoms with Crippen molar-refractivity contribution in [3.63, 3.8) is 0 Å². The quantitative estimate of drug-likeness (QED) is 0.412. The van der Waals surface area contributed by atoms with Gasteiger partial charge in [-0.05, 0) is 29.5 Å². The molecule has 35 heavy (non-hydrogen) atoms. The number of benzene rings is 2. The molecule has 0 unspecified atom stereocenters. The Hall–Kier alpha value is -2.65. The number of ether oxygens (including phenoxy) is 3. The first-order chi connectivity index (χ1) is 16.4. The van der Waals surface area contributed by atoms with Gasteiger partial charge >= 0.3 is 0 Å². The molecule has 0 saturated heterocycles. The zero-order valence-corrected chi connectivity index (χ0v) is 22.8. The predicted molar refractivity (Wildman–Crippen MR) is 140 cm³/mol. The number of methoxy groups -OCH3 is 2. The first-order valence-electron chi connectivity index (χ1n) is 11.3. The first kappa shape index (κ1) is 28.6. The molecule has 0 atom stereocenters. The second kappa shape index (κ2) is 12.4. The predicted octanol–water partition coefficient (Wildman–Crippen LogP) is 4.40. The molecule has 0 aromatic heterocycles. The summed E-state index contributed by atoms with van der Waals surface area (Å²) < 4.78 is 42.3. The Labute approximate surface area is 213 Å². The lowest BCUT2D eigenvalue weighted by Gasteiger charge is -2.25. The SMILES string of the molecule is COc1cc(N(CCCC(=O)NCCOc2ccc(C(C)(C)C)cc2)S(C)(=O)=O)c(OC)cc1Cl. The van der Waals surface area contributed by atoms with Crippen LogP contribution in [-0.4, -0.2) is 54.5 Å². The van der Waals surface area contributed by atoms with Gasteiger partial charge in [0, 0.05) is 25.1 Å². The van der Waals surface area contributed by atoms with Gasteiger partial charge in [0.1, 0.15) is 23.9 Å². The van der Waals surface area contributed by atoms with Crippen molar-refractivity contribution in [3.05, 3.63) is 47.0 Å². The summed E-state index contributed by atoms with van der Waals surface area (Å²) in [5.74, 6) is 1.16. The summed E-state index contributed by atoms with van der Waals surface area (Å²) in [4.78, 5) is 12.2. The molecule has 0 radical (unpaired) electrons. The highest BCUT2D eigenvalue weighted by Crippen LogP contribution is 2.39. The highest BCUT2D eigenvalue weighted by Gasteiger charge is 2.23. The Bertz CT molecular complexity index is 1100. The maximum atomic E-state index is 12.5. The smallest absolute Gasteiger partial charge is 0.232 e. The molecular weight excluding hydrogens is 492 g/mol. The summed E-state index contributed by atoms with van der Waals surface area (Å²) >= 11 is 6.13. The van der Waals surface area contributed by atoms with Crippen LogP contribution in [0.15, 0.2) is 36.4 Å². The molecule has 8 nitrogen and oxygen atoms in total. The second-order valence-electron chi connectivity index (χ2n) is 9.07. The number of hydrogen-bond acceptors (Lipinski definition) is 6. The van der Waals surface area contributed by atoms with E-state index in [1.807, 2.05) is 24.3 Å². The number of nitrogens with one attached hydrogen (secondary N) is 1. The molecule has 1 amide bonds. The fourth-order valence-corrected chi connectivity index (χ4v) is 4.58. The number of anilines is 1. The van der Waals surface area contributed by atoms with Gasteiger partial charge in [0.2, 0.25) is 15.9 Å². The Balaban J connectivity index is 1.87. The molecule has 2 rings (SSSR count). The number of hydrogen-bond donors (Lipinski definition) is 1. The minimum absolute atomic E-state index is 0.0734. The third-order valence-corrected chi connectivity index (χ3v) is 6.78. The third kappa shape index (κ3) is 8.50. The average Bonchev–Trinajstić information content (AvgIpc) is 2.78. The van der Waals surface area contributed by atoms with Crippen molar-refractivity contribution in [2.24, 2.45) is 0 Å². The molecule has 0 aliphatic rings. The highest BCUT2D eigenvalue weighted by atomic mass is 35.5. The minimum Gasteiger partial charge on any atom is -0.495 e. The van der Waals surface area contributed by atoms with Gasteiger partial charge in [0.05, 0.1) is 37.7 Å². The summed E-state index contributed by atoms with van der Waals surface area (Å²) in [5, 5.41) is 3.09. The van der Waals surface area contributed by atoms with E-state index < -0.39 is 10.0 Å². The van der Waals surface area contributed by atoms with Gasteiger partial charge in [-0.15, -0.1) is 0 Å². The Kier molecular flexibility index (Phi) is 10.1. The molecule has 0 aliphatic carbocycles. The summed E-state index contributed by atoms with van der Waals surface area (Å²) in [6.07, 6.45) is 1.56. The largest absolute Gasteiger partial charge is 0.495 e. The van der Waals surface area contributed by atoms with Gasteiger partial charge in [0.25, 0.3) is 0 Å². The Morgan fingerprint density at radius 1 is 1.06 bits per heavy atom. The number of carbonyl (C=O) groups is 1. The van der Waals surface area contributed by atoms with Crippen LogP contribution in [0.2, 0.25) is 5.02 Å². The molecule has 0 aliphatic heterocycles. The molecule has 2 aromatic rings. The van der Waals surface area contributed by atoms with Crippen molar-refractivity contribution >= 4 is 33.2 Å². The molecule has 0 heterocycles. The average molecular weight is 527 g/mol. The lowest BCUT2D eigenvalue weighted by atomic mass is 9.87. The van der Waals surface area contributed by atoms with E-state index in [1.54, 1.807) is 0 Å². The van der Waals surface area contributed by atoms with Crippen LogP contribution in [0.4, 0.5) is 5.69 Å². The van der Waals surface area contributed by atoms with Crippen molar-refractivity contribution in [1.82, 2.24) is 5.32 Å². The van der Waals surface area contributed by atoms with Crippen LogP contribution in [0.1, 0.15) is 39.2 Å². The van der Waals surface area contributed by atoms with Gasteiger partial charge in [-0.2, -0.15) is 0 Å². The van der Waals surface area contributed by atoms with Gasteiger partial charge in [-0.3, -0.25) is 9.10 Å². The Morgan fingerprint density at radius 2 is 1.69 bits per heavy atom. The fraction of sp³-hybridized carbons (Fsp3) is 0.480. The number of nitrogens with zero attached hydrogens (tertiary/aromatic N) is 1. The van der Waals surface area contributed by atoms with Crippen LogP contribution >= 0.6 is 11.6 Å². The molecule has 0 saturated carbocycles. The number of rotatable bonds is 12. The molecule has 0 bridgehead atoms. The molecular formula is C25H35ClN2O6S. The van der Waals surface area contributed by atoms with E-state index in [2.05, 4.69) is 26.1 Å². The molecule has 0 spiro atoms. The maximum absolute atomic E-state index is 12.5. The van der Waals surface area contributed by atoms with Crippen molar-refractivity contribution in [1.29, 1.82) is 0 Å². The van der Waals surface area contributed by atoms with E-state index in [0.29, 0.717) is 41.8 Å². The van der Waals surface area contributed by atoms with Crippen LogP contribution in [0.25, 0.3) is 0 Å². The van der Waals surface area contributed by atoms with Gasteiger partial charge in [-0.25, -0.2) is 8.42 Å². The van der Waals surface area contributed by atoms with E-state index in [1.165, 1.54) is 36.2 Å². The zero-order chi connectivity index (χ0) is 26.2. The van der Waals surface area contributed by atoms with E-state index in [0.717, 1.165) is 12.0 Å². The number of sulfonamides is 1. The molecule has 194 valence electrons. The van der Waals surface area contributed by atoms with E-state index in [-0.39, 0.29) is 24.3 Å². The number of halogens is 1. The number of carbonyl (C=O) groups excluding carboxylic acids is 1. The van der Waals surface area contributed by atoms with Crippen LogP contribution in [0.5, 0.6) is 17.2 Å². The minimum atomic E-state index is -3.65. The first-order valence-corrected chi connectivity index (χ1v) is 13.5.